The second kappa shape index (κ2) is 6.96. The molecule has 3 aromatic carbocycles. The minimum Gasteiger partial charge on any atom is -0.497 e. The van der Waals surface area contributed by atoms with Crippen molar-refractivity contribution < 1.29 is 19.0 Å². The van der Waals surface area contributed by atoms with E-state index in [1.807, 2.05) is 54.6 Å². The van der Waals surface area contributed by atoms with E-state index in [2.05, 4.69) is 4.99 Å². The third kappa shape index (κ3) is 3.40. The predicted octanol–water partition coefficient (Wildman–Crippen LogP) is 4.20. The fourth-order valence-electron chi connectivity index (χ4n) is 2.91. The smallest absolute Gasteiger partial charge is 0.363 e. The number of rotatable bonds is 4. The van der Waals surface area contributed by atoms with Gasteiger partial charge in [-0.1, -0.05) is 24.3 Å². The largest absolute Gasteiger partial charge is 0.497 e. The zero-order valence-corrected chi connectivity index (χ0v) is 14.9. The number of cyclic esters (lactones) is 1. The van der Waals surface area contributed by atoms with E-state index in [0.29, 0.717) is 11.3 Å². The van der Waals surface area contributed by atoms with E-state index >= 15 is 0 Å². The van der Waals surface area contributed by atoms with Gasteiger partial charge in [-0.15, -0.1) is 0 Å². The van der Waals surface area contributed by atoms with Gasteiger partial charge in [0, 0.05) is 5.56 Å². The second-order valence-electron chi connectivity index (χ2n) is 6.04. The predicted molar refractivity (Wildman–Crippen MR) is 104 cm³/mol. The molecule has 1 aliphatic rings. The van der Waals surface area contributed by atoms with Crippen LogP contribution in [-0.2, 0) is 9.53 Å². The van der Waals surface area contributed by atoms with Crippen molar-refractivity contribution in [3.63, 3.8) is 0 Å². The Bertz CT molecular complexity index is 1100. The highest BCUT2D eigenvalue weighted by atomic mass is 16.6. The SMILES string of the molecule is COc1cccc(C2=N/C(=C/c3ccc4cc(OC)ccc4c3)C(=O)O2)c1. The van der Waals surface area contributed by atoms with Crippen molar-refractivity contribution in [1.29, 1.82) is 0 Å². The van der Waals surface area contributed by atoms with Crippen LogP contribution in [0.4, 0.5) is 0 Å². The van der Waals surface area contributed by atoms with Crippen molar-refractivity contribution in [3.8, 4) is 11.5 Å². The fraction of sp³-hybridized carbons (Fsp3) is 0.0909. The molecule has 0 amide bonds. The summed E-state index contributed by atoms with van der Waals surface area (Å²) in [7, 11) is 3.23. The first-order chi connectivity index (χ1) is 13.2. The Balaban J connectivity index is 1.67. The van der Waals surface area contributed by atoms with E-state index < -0.39 is 5.97 Å². The van der Waals surface area contributed by atoms with E-state index in [-0.39, 0.29) is 11.6 Å². The molecule has 134 valence electrons. The summed E-state index contributed by atoms with van der Waals surface area (Å²) < 4.78 is 15.8. The van der Waals surface area contributed by atoms with Crippen molar-refractivity contribution in [2.45, 2.75) is 0 Å². The summed E-state index contributed by atoms with van der Waals surface area (Å²) in [6.45, 7) is 0. The number of fused-ring (bicyclic) bond motifs is 1. The highest BCUT2D eigenvalue weighted by Gasteiger charge is 2.24. The summed E-state index contributed by atoms with van der Waals surface area (Å²) in [5.74, 6) is 1.28. The Kier molecular flexibility index (Phi) is 4.34. The Morgan fingerprint density at radius 2 is 1.63 bits per heavy atom. The molecule has 0 saturated carbocycles. The van der Waals surface area contributed by atoms with Crippen molar-refractivity contribution in [1.82, 2.24) is 0 Å². The molecule has 0 unspecified atom stereocenters. The normalized spacial score (nSPS) is 15.0. The first kappa shape index (κ1) is 16.8. The van der Waals surface area contributed by atoms with Crippen LogP contribution in [0.3, 0.4) is 0 Å². The maximum atomic E-state index is 12.2. The molecule has 5 heteroatoms. The van der Waals surface area contributed by atoms with Crippen LogP contribution in [0.25, 0.3) is 16.8 Å². The summed E-state index contributed by atoms with van der Waals surface area (Å²) in [5, 5.41) is 2.11. The number of ether oxygens (including phenoxy) is 3. The maximum Gasteiger partial charge on any atom is 0.363 e. The van der Waals surface area contributed by atoms with Gasteiger partial charge in [-0.05, 0) is 58.8 Å². The lowest BCUT2D eigenvalue weighted by Crippen LogP contribution is -2.05. The third-order valence-corrected chi connectivity index (χ3v) is 4.31. The number of esters is 1. The summed E-state index contributed by atoms with van der Waals surface area (Å²) in [6, 6.07) is 19.0. The van der Waals surface area contributed by atoms with Gasteiger partial charge in [0.05, 0.1) is 14.2 Å². The van der Waals surface area contributed by atoms with Crippen LogP contribution >= 0.6 is 0 Å². The first-order valence-corrected chi connectivity index (χ1v) is 8.41. The van der Waals surface area contributed by atoms with Crippen LogP contribution in [0.15, 0.2) is 71.4 Å². The summed E-state index contributed by atoms with van der Waals surface area (Å²) in [6.07, 6.45) is 1.72. The average Bonchev–Trinajstić information content (AvgIpc) is 3.08. The number of nitrogens with zero attached hydrogens (tertiary/aromatic N) is 1. The molecule has 1 heterocycles. The van der Waals surface area contributed by atoms with Gasteiger partial charge < -0.3 is 14.2 Å². The Hall–Kier alpha value is -3.60. The van der Waals surface area contributed by atoms with Gasteiger partial charge in [-0.2, -0.15) is 0 Å². The molecule has 0 aliphatic carbocycles. The lowest BCUT2D eigenvalue weighted by Gasteiger charge is -2.03. The molecule has 1 aliphatic heterocycles. The second-order valence-corrected chi connectivity index (χ2v) is 6.04. The molecule has 0 bridgehead atoms. The van der Waals surface area contributed by atoms with Gasteiger partial charge in [0.15, 0.2) is 5.70 Å². The number of methoxy groups -OCH3 is 2. The van der Waals surface area contributed by atoms with Crippen molar-refractivity contribution in [3.05, 3.63) is 77.5 Å². The lowest BCUT2D eigenvalue weighted by molar-refractivity contribution is -0.129. The van der Waals surface area contributed by atoms with Gasteiger partial charge >= 0.3 is 5.97 Å². The quantitative estimate of drug-likeness (QED) is 0.517. The van der Waals surface area contributed by atoms with Crippen LogP contribution in [0.1, 0.15) is 11.1 Å². The molecule has 0 spiro atoms. The molecular formula is C22H17NO4. The van der Waals surface area contributed by atoms with Gasteiger partial charge in [-0.25, -0.2) is 9.79 Å². The summed E-state index contributed by atoms with van der Waals surface area (Å²) >= 11 is 0. The van der Waals surface area contributed by atoms with E-state index in [1.54, 1.807) is 26.4 Å². The van der Waals surface area contributed by atoms with Crippen LogP contribution in [0.5, 0.6) is 11.5 Å². The molecule has 27 heavy (non-hydrogen) atoms. The number of carbonyl (C=O) groups excluding carboxylic acids is 1. The van der Waals surface area contributed by atoms with Crippen LogP contribution < -0.4 is 9.47 Å². The monoisotopic (exact) mass is 359 g/mol. The Morgan fingerprint density at radius 3 is 2.44 bits per heavy atom. The Labute approximate surface area is 156 Å². The maximum absolute atomic E-state index is 12.2. The third-order valence-electron chi connectivity index (χ3n) is 4.31. The molecule has 0 aromatic heterocycles. The van der Waals surface area contributed by atoms with E-state index in [1.165, 1.54) is 0 Å². The fourth-order valence-corrected chi connectivity index (χ4v) is 2.91. The molecule has 0 fully saturated rings. The number of hydrogen-bond donors (Lipinski definition) is 0. The van der Waals surface area contributed by atoms with Gasteiger partial charge in [-0.3, -0.25) is 0 Å². The minimum atomic E-state index is -0.470. The van der Waals surface area contributed by atoms with Crippen LogP contribution in [0.2, 0.25) is 0 Å². The highest BCUT2D eigenvalue weighted by Crippen LogP contribution is 2.25. The topological polar surface area (TPSA) is 57.1 Å². The summed E-state index contributed by atoms with van der Waals surface area (Å²) in [4.78, 5) is 16.6. The van der Waals surface area contributed by atoms with Gasteiger partial charge in [0.1, 0.15) is 11.5 Å². The lowest BCUT2D eigenvalue weighted by atomic mass is 10.1. The van der Waals surface area contributed by atoms with Gasteiger partial charge in [0.25, 0.3) is 0 Å². The van der Waals surface area contributed by atoms with Crippen molar-refractivity contribution in [2.75, 3.05) is 14.2 Å². The highest BCUT2D eigenvalue weighted by molar-refractivity contribution is 6.13. The van der Waals surface area contributed by atoms with E-state index in [9.17, 15) is 4.79 Å². The van der Waals surface area contributed by atoms with Crippen molar-refractivity contribution in [2.24, 2.45) is 4.99 Å². The first-order valence-electron chi connectivity index (χ1n) is 8.41. The van der Waals surface area contributed by atoms with Crippen LogP contribution in [-0.4, -0.2) is 26.1 Å². The van der Waals surface area contributed by atoms with Crippen molar-refractivity contribution >= 4 is 28.7 Å². The molecular weight excluding hydrogens is 342 g/mol. The molecule has 0 saturated heterocycles. The molecule has 4 rings (SSSR count). The molecule has 3 aromatic rings. The molecule has 5 nitrogen and oxygen atoms in total. The number of hydrogen-bond acceptors (Lipinski definition) is 5. The average molecular weight is 359 g/mol. The molecule has 0 atom stereocenters. The standard InChI is InChI=1S/C22H17NO4/c1-25-18-5-3-4-17(13-18)21-23-20(22(24)27-21)11-14-6-7-16-12-19(26-2)9-8-15(16)10-14/h3-13H,1-2H3/b20-11+. The minimum absolute atomic E-state index is 0.265. The summed E-state index contributed by atoms with van der Waals surface area (Å²) in [5.41, 5.74) is 1.83. The molecule has 0 radical (unpaired) electrons. The zero-order valence-electron chi connectivity index (χ0n) is 14.9. The number of benzene rings is 3. The Morgan fingerprint density at radius 1 is 0.889 bits per heavy atom. The van der Waals surface area contributed by atoms with E-state index in [0.717, 1.165) is 22.1 Å². The van der Waals surface area contributed by atoms with Gasteiger partial charge in [0.2, 0.25) is 5.90 Å². The zero-order chi connectivity index (χ0) is 18.8. The molecule has 0 N–H and O–H groups in total. The number of aliphatic imine (C=N–C) groups is 1. The van der Waals surface area contributed by atoms with Crippen LogP contribution in [0, 0.1) is 0 Å². The number of carbonyl (C=O) groups is 1. The van der Waals surface area contributed by atoms with E-state index in [4.69, 9.17) is 14.2 Å².